The van der Waals surface area contributed by atoms with Crippen molar-refractivity contribution in [2.75, 3.05) is 57.3 Å². The Morgan fingerprint density at radius 2 is 1.85 bits per heavy atom. The van der Waals surface area contributed by atoms with Gasteiger partial charge >= 0.3 is 0 Å². The number of furan rings is 1. The van der Waals surface area contributed by atoms with Gasteiger partial charge in [-0.1, -0.05) is 24.3 Å². The zero-order valence-corrected chi connectivity index (χ0v) is 20.6. The maximum Gasteiger partial charge on any atom is 0.270 e. The minimum atomic E-state index is -0.00623. The molecule has 7 nitrogen and oxygen atoms in total. The average Bonchev–Trinajstić information content (AvgIpc) is 3.63. The van der Waals surface area contributed by atoms with Crippen molar-refractivity contribution in [2.24, 2.45) is 0 Å². The number of thiophene rings is 1. The summed E-state index contributed by atoms with van der Waals surface area (Å²) in [5.41, 5.74) is 1.58. The fraction of sp³-hybridized carbons (Fsp3) is 0.360. The summed E-state index contributed by atoms with van der Waals surface area (Å²) in [4.78, 5) is 25.4. The van der Waals surface area contributed by atoms with E-state index in [1.165, 1.54) is 22.7 Å². The van der Waals surface area contributed by atoms with Gasteiger partial charge in [0, 0.05) is 50.0 Å². The maximum absolute atomic E-state index is 13.3. The summed E-state index contributed by atoms with van der Waals surface area (Å²) < 4.78 is 5.98. The number of carbonyl (C=O) groups is 1. The molecule has 1 saturated heterocycles. The second-order valence-corrected chi connectivity index (χ2v) is 10.1. The van der Waals surface area contributed by atoms with Crippen LogP contribution in [0.25, 0.3) is 22.4 Å². The van der Waals surface area contributed by atoms with Crippen LogP contribution >= 0.6 is 22.7 Å². The number of anilines is 1. The number of fused-ring (bicyclic) bond motifs is 1. The van der Waals surface area contributed by atoms with E-state index in [2.05, 4.69) is 9.80 Å². The van der Waals surface area contributed by atoms with Crippen molar-refractivity contribution in [3.8, 4) is 11.5 Å². The number of hydrogen-bond acceptors (Lipinski definition) is 8. The Bertz CT molecular complexity index is 1180. The van der Waals surface area contributed by atoms with E-state index in [0.717, 1.165) is 67.2 Å². The molecule has 0 radical (unpaired) electrons. The zero-order chi connectivity index (χ0) is 23.3. The zero-order valence-electron chi connectivity index (χ0n) is 18.9. The number of hydrogen-bond donors (Lipinski definition) is 1. The lowest BCUT2D eigenvalue weighted by molar-refractivity contribution is 0.0983. The lowest BCUT2D eigenvalue weighted by atomic mass is 10.2. The first-order chi connectivity index (χ1) is 16.7. The molecule has 4 heterocycles. The van der Waals surface area contributed by atoms with Crippen molar-refractivity contribution < 1.29 is 14.3 Å². The van der Waals surface area contributed by atoms with Crippen molar-refractivity contribution in [2.45, 2.75) is 6.42 Å². The molecule has 1 aliphatic rings. The van der Waals surface area contributed by atoms with Crippen LogP contribution in [0.15, 0.2) is 57.6 Å². The number of aromatic nitrogens is 1. The summed E-state index contributed by atoms with van der Waals surface area (Å²) in [7, 11) is 0. The lowest BCUT2D eigenvalue weighted by Gasteiger charge is -2.34. The van der Waals surface area contributed by atoms with Gasteiger partial charge in [0.2, 0.25) is 0 Å². The van der Waals surface area contributed by atoms with E-state index in [9.17, 15) is 4.79 Å². The summed E-state index contributed by atoms with van der Waals surface area (Å²) in [5.74, 6) is 0.709. The van der Waals surface area contributed by atoms with E-state index in [1.807, 2.05) is 58.1 Å². The number of piperazine rings is 1. The Morgan fingerprint density at radius 1 is 1.06 bits per heavy atom. The normalized spacial score (nSPS) is 15.2. The second kappa shape index (κ2) is 10.8. The Labute approximate surface area is 206 Å². The third-order valence-electron chi connectivity index (χ3n) is 6.12. The van der Waals surface area contributed by atoms with Crippen LogP contribution in [0.2, 0.25) is 0 Å². The number of β-amino-alcohol motifs (C(OH)–C–C–N with tert-alkyl or cyclic N) is 1. The maximum atomic E-state index is 13.3. The number of carbonyl (C=O) groups excluding carboxylic acids is 1. The van der Waals surface area contributed by atoms with E-state index in [1.54, 1.807) is 0 Å². The van der Waals surface area contributed by atoms with E-state index >= 15 is 0 Å². The van der Waals surface area contributed by atoms with Gasteiger partial charge in [0.25, 0.3) is 5.91 Å². The van der Waals surface area contributed by atoms with Gasteiger partial charge in [0.05, 0.1) is 11.5 Å². The average molecular weight is 497 g/mol. The van der Waals surface area contributed by atoms with Crippen LogP contribution in [0.3, 0.4) is 0 Å². The SMILES string of the molecule is O=C(c1cccs1)N(CCCN1CCN(CCO)CC1)c1nc(-c2cc3ccccc3o2)cs1. The molecule has 0 unspecified atom stereocenters. The summed E-state index contributed by atoms with van der Waals surface area (Å²) in [6, 6.07) is 13.7. The summed E-state index contributed by atoms with van der Waals surface area (Å²) >= 11 is 2.93. The van der Waals surface area contributed by atoms with Crippen LogP contribution in [-0.2, 0) is 0 Å². The lowest BCUT2D eigenvalue weighted by Crippen LogP contribution is -2.47. The molecule has 1 aliphatic heterocycles. The highest BCUT2D eigenvalue weighted by molar-refractivity contribution is 7.14. The molecule has 5 rings (SSSR count). The second-order valence-electron chi connectivity index (χ2n) is 8.36. The number of aliphatic hydroxyl groups is 1. The molecule has 34 heavy (non-hydrogen) atoms. The van der Waals surface area contributed by atoms with Gasteiger partial charge in [0.15, 0.2) is 10.9 Å². The smallest absolute Gasteiger partial charge is 0.270 e. The molecule has 0 saturated carbocycles. The summed E-state index contributed by atoms with van der Waals surface area (Å²) in [6.07, 6.45) is 0.872. The Hall–Kier alpha value is -2.56. The molecule has 178 valence electrons. The van der Waals surface area contributed by atoms with Gasteiger partial charge in [0.1, 0.15) is 11.3 Å². The largest absolute Gasteiger partial charge is 0.454 e. The van der Waals surface area contributed by atoms with E-state index in [-0.39, 0.29) is 12.5 Å². The molecule has 1 fully saturated rings. The van der Waals surface area contributed by atoms with Gasteiger partial charge in [-0.15, -0.1) is 22.7 Å². The Balaban J connectivity index is 1.28. The predicted octanol–water partition coefficient (Wildman–Crippen LogP) is 4.26. The highest BCUT2D eigenvalue weighted by Crippen LogP contribution is 2.32. The number of amides is 1. The van der Waals surface area contributed by atoms with Crippen LogP contribution in [0.1, 0.15) is 16.1 Å². The number of rotatable bonds is 9. The number of thiazole rings is 1. The molecule has 1 amide bonds. The molecule has 0 spiro atoms. The van der Waals surface area contributed by atoms with Crippen molar-refractivity contribution >= 4 is 44.7 Å². The third kappa shape index (κ3) is 5.24. The molecule has 1 N–H and O–H groups in total. The first kappa shape index (κ1) is 23.2. The molecule has 3 aromatic heterocycles. The highest BCUT2D eigenvalue weighted by atomic mass is 32.1. The first-order valence-electron chi connectivity index (χ1n) is 11.6. The van der Waals surface area contributed by atoms with Crippen LogP contribution in [-0.4, -0.2) is 78.2 Å². The fourth-order valence-corrected chi connectivity index (χ4v) is 5.77. The Kier molecular flexibility index (Phi) is 7.36. The van der Waals surface area contributed by atoms with Crippen molar-refractivity contribution in [3.63, 3.8) is 0 Å². The molecular weight excluding hydrogens is 468 g/mol. The number of nitrogens with zero attached hydrogens (tertiary/aromatic N) is 4. The van der Waals surface area contributed by atoms with Crippen LogP contribution < -0.4 is 4.90 Å². The molecule has 1 aromatic carbocycles. The topological polar surface area (TPSA) is 73.1 Å². The van der Waals surface area contributed by atoms with Crippen LogP contribution in [0.5, 0.6) is 0 Å². The number of aliphatic hydroxyl groups excluding tert-OH is 1. The van der Waals surface area contributed by atoms with Crippen LogP contribution in [0.4, 0.5) is 5.13 Å². The number of para-hydroxylation sites is 1. The van der Waals surface area contributed by atoms with E-state index < -0.39 is 0 Å². The highest BCUT2D eigenvalue weighted by Gasteiger charge is 2.23. The Morgan fingerprint density at radius 3 is 2.59 bits per heavy atom. The molecular formula is C25H28N4O3S2. The molecule has 9 heteroatoms. The van der Waals surface area contributed by atoms with Crippen molar-refractivity contribution in [1.82, 2.24) is 14.8 Å². The third-order valence-corrected chi connectivity index (χ3v) is 7.84. The van der Waals surface area contributed by atoms with E-state index in [4.69, 9.17) is 14.5 Å². The first-order valence-corrected chi connectivity index (χ1v) is 13.3. The van der Waals surface area contributed by atoms with Crippen LogP contribution in [0, 0.1) is 0 Å². The number of benzene rings is 1. The van der Waals surface area contributed by atoms with Gasteiger partial charge in [-0.25, -0.2) is 4.98 Å². The minimum absolute atomic E-state index is 0.00623. The predicted molar refractivity (Wildman–Crippen MR) is 138 cm³/mol. The standard InChI is InChI=1S/C25H28N4O3S2/c30-15-14-28-12-10-27(11-13-28)8-4-9-29(24(31)23-7-3-16-33-23)25-26-20(18-34-25)22-17-19-5-1-2-6-21(19)32-22/h1-3,5-7,16-18,30H,4,8-15H2. The van der Waals surface area contributed by atoms with Gasteiger partial charge in [-0.3, -0.25) is 14.6 Å². The quantitative estimate of drug-likeness (QED) is 0.373. The molecule has 0 bridgehead atoms. The van der Waals surface area contributed by atoms with Gasteiger partial charge in [-0.05, 0) is 36.5 Å². The summed E-state index contributed by atoms with van der Waals surface area (Å²) in [6.45, 7) is 6.44. The van der Waals surface area contributed by atoms with E-state index in [0.29, 0.717) is 17.4 Å². The van der Waals surface area contributed by atoms with Gasteiger partial charge in [-0.2, -0.15) is 0 Å². The molecule has 0 atom stereocenters. The van der Waals surface area contributed by atoms with Gasteiger partial charge < -0.3 is 14.4 Å². The monoisotopic (exact) mass is 496 g/mol. The minimum Gasteiger partial charge on any atom is -0.454 e. The molecule has 4 aromatic rings. The summed E-state index contributed by atoms with van der Waals surface area (Å²) in [5, 5.41) is 14.8. The van der Waals surface area contributed by atoms with Crippen molar-refractivity contribution in [1.29, 1.82) is 0 Å². The fourth-order valence-electron chi connectivity index (χ4n) is 4.26. The van der Waals surface area contributed by atoms with Crippen molar-refractivity contribution in [3.05, 3.63) is 58.1 Å². The molecule has 0 aliphatic carbocycles.